The molecule has 0 radical (unpaired) electrons. The number of para-hydroxylation sites is 2. The van der Waals surface area contributed by atoms with Crippen LogP contribution >= 0.6 is 0 Å². The summed E-state index contributed by atoms with van der Waals surface area (Å²) >= 11 is 0. The maximum atomic E-state index is 12.6. The monoisotopic (exact) mass is 406 g/mol. The SMILES string of the molecule is CC(=O)c1ccccc1NC(=O)C(C)OC(=O)c1ccccc1NCc1ccco1. The van der Waals surface area contributed by atoms with E-state index in [1.165, 1.54) is 13.8 Å². The van der Waals surface area contributed by atoms with Gasteiger partial charge >= 0.3 is 5.97 Å². The first kappa shape index (κ1) is 20.9. The molecule has 2 aromatic carbocycles. The van der Waals surface area contributed by atoms with Gasteiger partial charge in [-0.1, -0.05) is 24.3 Å². The number of benzene rings is 2. The normalized spacial score (nSPS) is 11.4. The van der Waals surface area contributed by atoms with E-state index in [0.717, 1.165) is 5.76 Å². The Morgan fingerprint density at radius 2 is 1.60 bits per heavy atom. The third-order valence-electron chi connectivity index (χ3n) is 4.40. The molecule has 30 heavy (non-hydrogen) atoms. The Bertz CT molecular complexity index is 1040. The number of Topliss-reactive ketones (excluding diaryl/α,β-unsaturated/α-hetero) is 1. The first-order valence-electron chi connectivity index (χ1n) is 9.43. The van der Waals surface area contributed by atoms with Gasteiger partial charge in [-0.3, -0.25) is 9.59 Å². The third kappa shape index (κ3) is 5.14. The van der Waals surface area contributed by atoms with Crippen molar-refractivity contribution in [3.8, 4) is 0 Å². The van der Waals surface area contributed by atoms with Crippen LogP contribution in [-0.4, -0.2) is 23.8 Å². The van der Waals surface area contributed by atoms with Crippen molar-refractivity contribution in [1.82, 2.24) is 0 Å². The maximum absolute atomic E-state index is 12.6. The minimum absolute atomic E-state index is 0.174. The van der Waals surface area contributed by atoms with Crippen molar-refractivity contribution in [2.75, 3.05) is 10.6 Å². The van der Waals surface area contributed by atoms with Gasteiger partial charge in [0.25, 0.3) is 5.91 Å². The molecule has 0 aliphatic rings. The molecule has 1 atom stereocenters. The van der Waals surface area contributed by atoms with Gasteiger partial charge in [-0.05, 0) is 50.2 Å². The number of hydrogen-bond acceptors (Lipinski definition) is 6. The second-order valence-corrected chi connectivity index (χ2v) is 6.62. The Balaban J connectivity index is 1.66. The Morgan fingerprint density at radius 1 is 0.933 bits per heavy atom. The molecule has 0 fully saturated rings. The zero-order chi connectivity index (χ0) is 21.5. The second-order valence-electron chi connectivity index (χ2n) is 6.62. The summed E-state index contributed by atoms with van der Waals surface area (Å²) in [6, 6.07) is 17.1. The van der Waals surface area contributed by atoms with Gasteiger partial charge in [0.1, 0.15) is 5.76 Å². The number of carbonyl (C=O) groups excluding carboxylic acids is 3. The standard InChI is InChI=1S/C23H22N2O5/c1-15(26)18-9-3-6-12-21(18)25-22(27)16(2)30-23(28)19-10-4-5-11-20(19)24-14-17-8-7-13-29-17/h3-13,16,24H,14H2,1-2H3,(H,25,27). The molecule has 154 valence electrons. The molecule has 1 amide bonds. The fraction of sp³-hybridized carbons (Fsp3) is 0.174. The number of nitrogens with one attached hydrogen (secondary N) is 2. The van der Waals surface area contributed by atoms with E-state index in [1.807, 2.05) is 6.07 Å². The quantitative estimate of drug-likeness (QED) is 0.428. The molecule has 1 heterocycles. The summed E-state index contributed by atoms with van der Waals surface area (Å²) in [6.45, 7) is 3.29. The molecule has 7 nitrogen and oxygen atoms in total. The van der Waals surface area contributed by atoms with Crippen molar-refractivity contribution in [2.45, 2.75) is 26.5 Å². The largest absolute Gasteiger partial charge is 0.467 e. The van der Waals surface area contributed by atoms with Crippen molar-refractivity contribution in [3.63, 3.8) is 0 Å². The van der Waals surface area contributed by atoms with Crippen LogP contribution in [0.2, 0.25) is 0 Å². The van der Waals surface area contributed by atoms with Crippen LogP contribution in [0.25, 0.3) is 0 Å². The van der Waals surface area contributed by atoms with Gasteiger partial charge in [-0.2, -0.15) is 0 Å². The summed E-state index contributed by atoms with van der Waals surface area (Å²) in [5.41, 5.74) is 1.62. The van der Waals surface area contributed by atoms with Gasteiger partial charge < -0.3 is 19.8 Å². The third-order valence-corrected chi connectivity index (χ3v) is 4.40. The smallest absolute Gasteiger partial charge is 0.341 e. The predicted molar refractivity (Wildman–Crippen MR) is 112 cm³/mol. The molecular formula is C23H22N2O5. The molecular weight excluding hydrogens is 384 g/mol. The van der Waals surface area contributed by atoms with Gasteiger partial charge in [-0.15, -0.1) is 0 Å². The Kier molecular flexibility index (Phi) is 6.64. The van der Waals surface area contributed by atoms with Gasteiger partial charge in [-0.25, -0.2) is 4.79 Å². The van der Waals surface area contributed by atoms with E-state index in [2.05, 4.69) is 10.6 Å². The highest BCUT2D eigenvalue weighted by molar-refractivity contribution is 6.05. The molecule has 0 bridgehead atoms. The van der Waals surface area contributed by atoms with E-state index in [-0.39, 0.29) is 5.78 Å². The number of furan rings is 1. The van der Waals surface area contributed by atoms with E-state index in [0.29, 0.717) is 29.0 Å². The summed E-state index contributed by atoms with van der Waals surface area (Å²) in [5.74, 6) is -0.625. The summed E-state index contributed by atoms with van der Waals surface area (Å²) in [4.78, 5) is 36.9. The van der Waals surface area contributed by atoms with Crippen molar-refractivity contribution in [3.05, 3.63) is 83.8 Å². The highest BCUT2D eigenvalue weighted by Crippen LogP contribution is 2.19. The summed E-state index contributed by atoms with van der Waals surface area (Å²) in [5, 5.41) is 5.77. The lowest BCUT2D eigenvalue weighted by Crippen LogP contribution is -2.30. The van der Waals surface area contributed by atoms with E-state index < -0.39 is 18.0 Å². The fourth-order valence-electron chi connectivity index (χ4n) is 2.82. The number of esters is 1. The zero-order valence-corrected chi connectivity index (χ0v) is 16.7. The van der Waals surface area contributed by atoms with Gasteiger partial charge in [0, 0.05) is 11.3 Å². The number of ether oxygens (including phenoxy) is 1. The number of rotatable bonds is 8. The summed E-state index contributed by atoms with van der Waals surface area (Å²) in [6.07, 6.45) is 0.512. The molecule has 1 unspecified atom stereocenters. The highest BCUT2D eigenvalue weighted by Gasteiger charge is 2.22. The van der Waals surface area contributed by atoms with Crippen LogP contribution in [0.4, 0.5) is 11.4 Å². The van der Waals surface area contributed by atoms with Gasteiger partial charge in [0.05, 0.1) is 24.1 Å². The molecule has 3 aromatic rings. The van der Waals surface area contributed by atoms with E-state index >= 15 is 0 Å². The number of ketones is 1. The predicted octanol–water partition coefficient (Wildman–Crippen LogP) is 4.28. The summed E-state index contributed by atoms with van der Waals surface area (Å²) in [7, 11) is 0. The maximum Gasteiger partial charge on any atom is 0.341 e. The van der Waals surface area contributed by atoms with Gasteiger partial charge in [0.15, 0.2) is 11.9 Å². The van der Waals surface area contributed by atoms with Crippen LogP contribution in [0.3, 0.4) is 0 Å². The lowest BCUT2D eigenvalue weighted by molar-refractivity contribution is -0.123. The Labute approximate surface area is 174 Å². The van der Waals surface area contributed by atoms with Crippen LogP contribution in [0.5, 0.6) is 0 Å². The number of carbonyl (C=O) groups is 3. The molecule has 0 saturated heterocycles. The molecule has 3 rings (SSSR count). The van der Waals surface area contributed by atoms with Crippen molar-refractivity contribution < 1.29 is 23.5 Å². The average Bonchev–Trinajstić information content (AvgIpc) is 3.26. The molecule has 1 aromatic heterocycles. The number of hydrogen-bond donors (Lipinski definition) is 2. The van der Waals surface area contributed by atoms with E-state index in [9.17, 15) is 14.4 Å². The topological polar surface area (TPSA) is 97.6 Å². The first-order chi connectivity index (χ1) is 14.5. The van der Waals surface area contributed by atoms with E-state index in [1.54, 1.807) is 60.9 Å². The first-order valence-corrected chi connectivity index (χ1v) is 9.43. The van der Waals surface area contributed by atoms with Crippen LogP contribution in [-0.2, 0) is 16.1 Å². The van der Waals surface area contributed by atoms with Crippen molar-refractivity contribution in [2.24, 2.45) is 0 Å². The minimum Gasteiger partial charge on any atom is -0.467 e. The Hall–Kier alpha value is -3.87. The number of amides is 1. The van der Waals surface area contributed by atoms with Crippen molar-refractivity contribution >= 4 is 29.0 Å². The molecule has 0 saturated carbocycles. The lowest BCUT2D eigenvalue weighted by Gasteiger charge is -2.16. The second kappa shape index (κ2) is 9.56. The van der Waals surface area contributed by atoms with Crippen LogP contribution in [0.15, 0.2) is 71.3 Å². The van der Waals surface area contributed by atoms with Gasteiger partial charge in [0.2, 0.25) is 0 Å². The van der Waals surface area contributed by atoms with Crippen LogP contribution < -0.4 is 10.6 Å². The zero-order valence-electron chi connectivity index (χ0n) is 16.7. The molecule has 2 N–H and O–H groups in total. The molecule has 7 heteroatoms. The molecule has 0 spiro atoms. The van der Waals surface area contributed by atoms with Crippen LogP contribution in [0.1, 0.15) is 40.3 Å². The average molecular weight is 406 g/mol. The van der Waals surface area contributed by atoms with Crippen LogP contribution in [0, 0.1) is 0 Å². The highest BCUT2D eigenvalue weighted by atomic mass is 16.5. The molecule has 0 aliphatic carbocycles. The molecule has 0 aliphatic heterocycles. The fourth-order valence-corrected chi connectivity index (χ4v) is 2.82. The minimum atomic E-state index is -1.06. The lowest BCUT2D eigenvalue weighted by atomic mass is 10.1. The van der Waals surface area contributed by atoms with Crippen molar-refractivity contribution in [1.29, 1.82) is 0 Å². The number of anilines is 2. The van der Waals surface area contributed by atoms with E-state index in [4.69, 9.17) is 9.15 Å². The summed E-state index contributed by atoms with van der Waals surface area (Å²) < 4.78 is 10.6. The Morgan fingerprint density at radius 3 is 2.27 bits per heavy atom.